The Labute approximate surface area is 166 Å². The molecule has 0 aliphatic carbocycles. The number of hydrogen-bond acceptors (Lipinski definition) is 2. The van der Waals surface area contributed by atoms with Gasteiger partial charge in [0.2, 0.25) is 0 Å². The second-order valence-corrected chi connectivity index (χ2v) is 7.88. The fraction of sp³-hybridized carbons (Fsp3) is 0.381. The highest BCUT2D eigenvalue weighted by molar-refractivity contribution is 7.80. The first-order valence-corrected chi connectivity index (χ1v) is 9.82. The van der Waals surface area contributed by atoms with Crippen LogP contribution < -0.4 is 5.32 Å². The molecule has 2 aromatic rings. The highest BCUT2D eigenvalue weighted by Crippen LogP contribution is 2.24. The van der Waals surface area contributed by atoms with Gasteiger partial charge in [-0.05, 0) is 68.2 Å². The van der Waals surface area contributed by atoms with Crippen LogP contribution in [0.3, 0.4) is 0 Å². The summed E-state index contributed by atoms with van der Waals surface area (Å²) in [5.74, 6) is 0. The van der Waals surface area contributed by atoms with Crippen molar-refractivity contribution in [2.45, 2.75) is 33.7 Å². The van der Waals surface area contributed by atoms with Crippen LogP contribution in [-0.2, 0) is 6.54 Å². The predicted molar refractivity (Wildman–Crippen MR) is 115 cm³/mol. The molecular weight excluding hydrogens is 362 g/mol. The summed E-state index contributed by atoms with van der Waals surface area (Å²) in [6.07, 6.45) is 1.11. The molecule has 5 heteroatoms. The fourth-order valence-electron chi connectivity index (χ4n) is 3.31. The largest absolute Gasteiger partial charge is 0.336 e. The predicted octanol–water partition coefficient (Wildman–Crippen LogP) is 5.13. The lowest BCUT2D eigenvalue weighted by atomic mass is 10.0. The summed E-state index contributed by atoms with van der Waals surface area (Å²) >= 11 is 11.9. The van der Waals surface area contributed by atoms with E-state index in [2.05, 4.69) is 47.2 Å². The van der Waals surface area contributed by atoms with E-state index in [0.717, 1.165) is 54.1 Å². The van der Waals surface area contributed by atoms with Crippen molar-refractivity contribution < 1.29 is 0 Å². The van der Waals surface area contributed by atoms with Gasteiger partial charge in [0.15, 0.2) is 5.11 Å². The minimum Gasteiger partial charge on any atom is -0.336 e. The van der Waals surface area contributed by atoms with Crippen LogP contribution in [0.1, 0.15) is 28.7 Å². The maximum absolute atomic E-state index is 6.22. The molecule has 0 aromatic heterocycles. The van der Waals surface area contributed by atoms with Gasteiger partial charge in [0.1, 0.15) is 0 Å². The number of anilines is 1. The second-order valence-electron chi connectivity index (χ2n) is 7.08. The Morgan fingerprint density at radius 3 is 2.77 bits per heavy atom. The standard InChI is InChI=1S/C21H26ClN3S/c1-15-8-9-16(2)18(12-15)13-24-10-5-11-25(14-24)21(26)23-20-7-4-6-19(22)17(20)3/h4,6-9,12H,5,10-11,13-14H2,1-3H3,(H,23,26). The monoisotopic (exact) mass is 387 g/mol. The molecule has 1 aliphatic rings. The molecule has 26 heavy (non-hydrogen) atoms. The van der Waals surface area contributed by atoms with Crippen LogP contribution in [0.2, 0.25) is 5.02 Å². The van der Waals surface area contributed by atoms with Crippen LogP contribution in [0, 0.1) is 20.8 Å². The first kappa shape index (κ1) is 19.2. The van der Waals surface area contributed by atoms with E-state index in [1.165, 1.54) is 16.7 Å². The Hall–Kier alpha value is -1.62. The Morgan fingerprint density at radius 2 is 1.96 bits per heavy atom. The molecule has 1 fully saturated rings. The maximum atomic E-state index is 6.22. The van der Waals surface area contributed by atoms with Crippen molar-refractivity contribution in [3.63, 3.8) is 0 Å². The number of nitrogens with zero attached hydrogens (tertiary/aromatic N) is 2. The number of aryl methyl sites for hydroxylation is 2. The Bertz CT molecular complexity index is 806. The van der Waals surface area contributed by atoms with Gasteiger partial charge in [-0.2, -0.15) is 0 Å². The molecule has 0 unspecified atom stereocenters. The van der Waals surface area contributed by atoms with Crippen LogP contribution in [-0.4, -0.2) is 34.7 Å². The van der Waals surface area contributed by atoms with E-state index in [1.807, 2.05) is 25.1 Å². The van der Waals surface area contributed by atoms with E-state index in [9.17, 15) is 0 Å². The molecule has 3 nitrogen and oxygen atoms in total. The number of halogens is 1. The fourth-order valence-corrected chi connectivity index (χ4v) is 3.75. The van der Waals surface area contributed by atoms with Crippen LogP contribution in [0.5, 0.6) is 0 Å². The quantitative estimate of drug-likeness (QED) is 0.735. The van der Waals surface area contributed by atoms with E-state index in [0.29, 0.717) is 0 Å². The van der Waals surface area contributed by atoms with E-state index in [4.69, 9.17) is 23.8 Å². The SMILES string of the molecule is Cc1ccc(C)c(CN2CCCN(C(=S)Nc3cccc(Cl)c3C)C2)c1. The molecule has 0 bridgehead atoms. The number of hydrogen-bond donors (Lipinski definition) is 1. The third kappa shape index (κ3) is 4.56. The summed E-state index contributed by atoms with van der Waals surface area (Å²) in [5.41, 5.74) is 6.07. The van der Waals surface area contributed by atoms with E-state index >= 15 is 0 Å². The average Bonchev–Trinajstić information content (AvgIpc) is 2.62. The third-order valence-electron chi connectivity index (χ3n) is 4.97. The van der Waals surface area contributed by atoms with E-state index in [1.54, 1.807) is 0 Å². The molecule has 3 rings (SSSR count). The van der Waals surface area contributed by atoms with Crippen molar-refractivity contribution in [2.24, 2.45) is 0 Å². The van der Waals surface area contributed by atoms with E-state index < -0.39 is 0 Å². The highest BCUT2D eigenvalue weighted by Gasteiger charge is 2.20. The van der Waals surface area contributed by atoms with Gasteiger partial charge in [0.25, 0.3) is 0 Å². The van der Waals surface area contributed by atoms with Crippen LogP contribution >= 0.6 is 23.8 Å². The molecule has 1 heterocycles. The molecule has 1 aliphatic heterocycles. The smallest absolute Gasteiger partial charge is 0.174 e. The Kier molecular flexibility index (Phi) is 6.17. The second kappa shape index (κ2) is 8.38. The lowest BCUT2D eigenvalue weighted by Gasteiger charge is -2.37. The van der Waals surface area contributed by atoms with Gasteiger partial charge in [-0.15, -0.1) is 0 Å². The summed E-state index contributed by atoms with van der Waals surface area (Å²) in [5, 5.41) is 4.89. The molecule has 2 aromatic carbocycles. The van der Waals surface area contributed by atoms with Crippen molar-refractivity contribution in [1.82, 2.24) is 9.80 Å². The number of rotatable bonds is 3. The third-order valence-corrected chi connectivity index (χ3v) is 5.74. The first-order valence-electron chi connectivity index (χ1n) is 9.03. The minimum absolute atomic E-state index is 0.757. The van der Waals surface area contributed by atoms with Crippen molar-refractivity contribution in [1.29, 1.82) is 0 Å². The van der Waals surface area contributed by atoms with Crippen LogP contribution in [0.4, 0.5) is 5.69 Å². The topological polar surface area (TPSA) is 18.5 Å². The van der Waals surface area contributed by atoms with Crippen LogP contribution in [0.25, 0.3) is 0 Å². The molecule has 0 radical (unpaired) electrons. The van der Waals surface area contributed by atoms with E-state index in [-0.39, 0.29) is 0 Å². The molecule has 1 saturated heterocycles. The number of thiocarbonyl (C=S) groups is 1. The van der Waals surface area contributed by atoms with Gasteiger partial charge in [-0.3, -0.25) is 4.90 Å². The van der Waals surface area contributed by atoms with Gasteiger partial charge >= 0.3 is 0 Å². The summed E-state index contributed by atoms with van der Waals surface area (Å²) in [4.78, 5) is 4.70. The van der Waals surface area contributed by atoms with Crippen molar-refractivity contribution in [2.75, 3.05) is 25.1 Å². The van der Waals surface area contributed by atoms with Crippen LogP contribution in [0.15, 0.2) is 36.4 Å². The van der Waals surface area contributed by atoms with Crippen molar-refractivity contribution in [3.8, 4) is 0 Å². The zero-order valence-corrected chi connectivity index (χ0v) is 17.3. The Morgan fingerprint density at radius 1 is 1.15 bits per heavy atom. The lowest BCUT2D eigenvalue weighted by molar-refractivity contribution is 0.133. The molecule has 0 amide bonds. The number of benzene rings is 2. The number of nitrogens with one attached hydrogen (secondary N) is 1. The zero-order chi connectivity index (χ0) is 18.7. The highest BCUT2D eigenvalue weighted by atomic mass is 35.5. The average molecular weight is 388 g/mol. The van der Waals surface area contributed by atoms with Crippen molar-refractivity contribution in [3.05, 3.63) is 63.7 Å². The van der Waals surface area contributed by atoms with Gasteiger partial charge in [-0.25, -0.2) is 0 Å². The minimum atomic E-state index is 0.757. The zero-order valence-electron chi connectivity index (χ0n) is 15.7. The molecular formula is C21H26ClN3S. The lowest BCUT2D eigenvalue weighted by Crippen LogP contribution is -2.48. The van der Waals surface area contributed by atoms with Gasteiger partial charge in [-0.1, -0.05) is 41.4 Å². The molecule has 0 spiro atoms. The maximum Gasteiger partial charge on any atom is 0.174 e. The first-order chi connectivity index (χ1) is 12.4. The molecule has 0 saturated carbocycles. The summed E-state index contributed by atoms with van der Waals surface area (Å²) in [7, 11) is 0. The summed E-state index contributed by atoms with van der Waals surface area (Å²) in [6.45, 7) is 10.2. The summed E-state index contributed by atoms with van der Waals surface area (Å²) < 4.78 is 0. The molecule has 1 N–H and O–H groups in total. The van der Waals surface area contributed by atoms with Gasteiger partial charge in [0.05, 0.1) is 6.67 Å². The Balaban J connectivity index is 1.65. The normalized spacial score (nSPS) is 15.2. The molecule has 0 atom stereocenters. The molecule has 138 valence electrons. The van der Waals surface area contributed by atoms with Gasteiger partial charge < -0.3 is 10.2 Å². The van der Waals surface area contributed by atoms with Gasteiger partial charge in [0, 0.05) is 30.3 Å². The summed E-state index contributed by atoms with van der Waals surface area (Å²) in [6, 6.07) is 12.5. The van der Waals surface area contributed by atoms with Crippen molar-refractivity contribution >= 4 is 34.6 Å².